The first-order valence-corrected chi connectivity index (χ1v) is 36.6. The van der Waals surface area contributed by atoms with Crippen LogP contribution in [0.2, 0.25) is 0 Å². The molecular formula is C74H144O6. The van der Waals surface area contributed by atoms with Gasteiger partial charge in [0.1, 0.15) is 13.2 Å². The number of carbonyl (C=O) groups is 3. The molecule has 0 bridgehead atoms. The Hall–Kier alpha value is -1.59. The third-order valence-corrected chi connectivity index (χ3v) is 17.5. The average Bonchev–Trinajstić information content (AvgIpc) is 3.44. The van der Waals surface area contributed by atoms with E-state index in [-0.39, 0.29) is 31.1 Å². The van der Waals surface area contributed by atoms with Crippen LogP contribution in [0.15, 0.2) is 0 Å². The predicted molar refractivity (Wildman–Crippen MR) is 349 cm³/mol. The van der Waals surface area contributed by atoms with E-state index < -0.39 is 6.10 Å². The second-order valence-corrected chi connectivity index (χ2v) is 26.8. The summed E-state index contributed by atoms with van der Waals surface area (Å²) in [7, 11) is 0. The van der Waals surface area contributed by atoms with Crippen LogP contribution < -0.4 is 0 Å². The highest BCUT2D eigenvalue weighted by Gasteiger charge is 2.20. The molecule has 0 N–H and O–H groups in total. The highest BCUT2D eigenvalue weighted by Crippen LogP contribution is 2.21. The van der Waals surface area contributed by atoms with Crippen molar-refractivity contribution in [3.8, 4) is 0 Å². The Balaban J connectivity index is 4.28. The van der Waals surface area contributed by atoms with E-state index in [0.29, 0.717) is 19.3 Å². The second-order valence-electron chi connectivity index (χ2n) is 26.8. The molecule has 2 atom stereocenters. The fourth-order valence-electron chi connectivity index (χ4n) is 11.6. The van der Waals surface area contributed by atoms with Gasteiger partial charge >= 0.3 is 17.9 Å². The molecule has 0 aliphatic rings. The Labute approximate surface area is 501 Å². The van der Waals surface area contributed by atoms with E-state index in [1.165, 1.54) is 302 Å². The lowest BCUT2D eigenvalue weighted by Crippen LogP contribution is -2.30. The highest BCUT2D eigenvalue weighted by atomic mass is 16.6. The molecule has 0 amide bonds. The molecule has 0 saturated heterocycles. The SMILES string of the molecule is CCC(C)CCCCCCCCCCCCCCCCCCCCC(=O)OC[C@H](COC(=O)CCCCCCCCCCCCCCCCCCC(C)C)OC(=O)CCCCCCCCCCCCCCCCCCCCC(C)C. The minimum Gasteiger partial charge on any atom is -0.462 e. The Morgan fingerprint density at radius 2 is 0.438 bits per heavy atom. The van der Waals surface area contributed by atoms with E-state index >= 15 is 0 Å². The summed E-state index contributed by atoms with van der Waals surface area (Å²) in [6, 6.07) is 0. The maximum atomic E-state index is 13.0. The summed E-state index contributed by atoms with van der Waals surface area (Å²) in [6.45, 7) is 13.9. The number of hydrogen-bond acceptors (Lipinski definition) is 6. The summed E-state index contributed by atoms with van der Waals surface area (Å²) >= 11 is 0. The summed E-state index contributed by atoms with van der Waals surface area (Å²) in [5, 5.41) is 0. The van der Waals surface area contributed by atoms with Gasteiger partial charge in [0.05, 0.1) is 0 Å². The van der Waals surface area contributed by atoms with Gasteiger partial charge in [-0.25, -0.2) is 0 Å². The smallest absolute Gasteiger partial charge is 0.306 e. The lowest BCUT2D eigenvalue weighted by molar-refractivity contribution is -0.167. The Morgan fingerprint density at radius 1 is 0.250 bits per heavy atom. The van der Waals surface area contributed by atoms with E-state index in [4.69, 9.17) is 14.2 Å². The van der Waals surface area contributed by atoms with E-state index in [0.717, 1.165) is 75.5 Å². The molecule has 1 unspecified atom stereocenters. The molecule has 6 heteroatoms. The minimum absolute atomic E-state index is 0.0615. The Bertz CT molecular complexity index is 1250. The molecule has 0 heterocycles. The van der Waals surface area contributed by atoms with Crippen LogP contribution in [0.5, 0.6) is 0 Å². The zero-order chi connectivity index (χ0) is 58.3. The topological polar surface area (TPSA) is 78.9 Å². The standard InChI is InChI=1S/C74H144O6/c1-7-70(6)62-56-50-44-38-32-26-20-13-9-11-14-21-27-33-39-45-51-57-63-72(75)78-66-71(67-79-73(76)64-58-52-46-40-34-28-22-17-16-19-25-31-37-43-49-55-61-69(4)5)80-74(77)65-59-53-47-41-35-29-23-15-10-8-12-18-24-30-36-42-48-54-60-68(2)3/h68-71H,7-67H2,1-6H3/t70?,71-/m1/s1. The van der Waals surface area contributed by atoms with Gasteiger partial charge in [-0.05, 0) is 37.0 Å². The molecule has 0 aromatic heterocycles. The molecule has 0 fully saturated rings. The van der Waals surface area contributed by atoms with Crippen LogP contribution in [0.1, 0.15) is 420 Å². The van der Waals surface area contributed by atoms with Gasteiger partial charge < -0.3 is 14.2 Å². The molecular weight excluding hydrogens is 985 g/mol. The summed E-state index contributed by atoms with van der Waals surface area (Å²) in [5.74, 6) is 1.80. The maximum absolute atomic E-state index is 13.0. The zero-order valence-corrected chi connectivity index (χ0v) is 55.4. The monoisotopic (exact) mass is 1130 g/mol. The van der Waals surface area contributed by atoms with Crippen molar-refractivity contribution < 1.29 is 28.6 Å². The number of hydrogen-bond donors (Lipinski definition) is 0. The fourth-order valence-corrected chi connectivity index (χ4v) is 11.6. The van der Waals surface area contributed by atoms with Gasteiger partial charge in [0.15, 0.2) is 6.10 Å². The van der Waals surface area contributed by atoms with Crippen LogP contribution in [-0.2, 0) is 28.6 Å². The summed E-state index contributed by atoms with van der Waals surface area (Å²) < 4.78 is 17.1. The molecule has 0 saturated carbocycles. The van der Waals surface area contributed by atoms with Crippen LogP contribution in [0, 0.1) is 17.8 Å². The van der Waals surface area contributed by atoms with Gasteiger partial charge in [-0.3, -0.25) is 14.4 Å². The van der Waals surface area contributed by atoms with Crippen LogP contribution in [0.25, 0.3) is 0 Å². The zero-order valence-electron chi connectivity index (χ0n) is 55.4. The fraction of sp³-hybridized carbons (Fsp3) is 0.959. The van der Waals surface area contributed by atoms with E-state index in [1.807, 2.05) is 0 Å². The van der Waals surface area contributed by atoms with Crippen LogP contribution in [0.4, 0.5) is 0 Å². The van der Waals surface area contributed by atoms with Crippen molar-refractivity contribution in [2.75, 3.05) is 13.2 Å². The van der Waals surface area contributed by atoms with Gasteiger partial charge in [-0.2, -0.15) is 0 Å². The molecule has 0 aromatic rings. The largest absolute Gasteiger partial charge is 0.462 e. The lowest BCUT2D eigenvalue weighted by atomic mass is 9.99. The van der Waals surface area contributed by atoms with E-state index in [9.17, 15) is 14.4 Å². The average molecular weight is 1130 g/mol. The van der Waals surface area contributed by atoms with Crippen LogP contribution in [0.3, 0.4) is 0 Å². The quantitative estimate of drug-likeness (QED) is 0.0343. The van der Waals surface area contributed by atoms with Crippen molar-refractivity contribution in [3.05, 3.63) is 0 Å². The van der Waals surface area contributed by atoms with Crippen LogP contribution in [-0.4, -0.2) is 37.2 Å². The Kier molecular flexibility index (Phi) is 63.7. The lowest BCUT2D eigenvalue weighted by Gasteiger charge is -2.18. The van der Waals surface area contributed by atoms with Gasteiger partial charge in [0, 0.05) is 19.3 Å². The molecule has 6 nitrogen and oxygen atoms in total. The molecule has 0 rings (SSSR count). The van der Waals surface area contributed by atoms with Crippen molar-refractivity contribution in [1.29, 1.82) is 0 Å². The van der Waals surface area contributed by atoms with Gasteiger partial charge in [0.25, 0.3) is 0 Å². The number of unbranched alkanes of at least 4 members (excludes halogenated alkanes) is 49. The van der Waals surface area contributed by atoms with Crippen molar-refractivity contribution >= 4 is 17.9 Å². The molecule has 0 aliphatic carbocycles. The summed E-state index contributed by atoms with van der Waals surface area (Å²) in [5.41, 5.74) is 0. The van der Waals surface area contributed by atoms with E-state index in [2.05, 4.69) is 41.5 Å². The van der Waals surface area contributed by atoms with Crippen molar-refractivity contribution in [3.63, 3.8) is 0 Å². The number of rotatable bonds is 67. The number of ether oxygens (including phenoxy) is 3. The maximum Gasteiger partial charge on any atom is 0.306 e. The Morgan fingerprint density at radius 3 is 0.650 bits per heavy atom. The van der Waals surface area contributed by atoms with Gasteiger partial charge in [0.2, 0.25) is 0 Å². The molecule has 0 radical (unpaired) electrons. The third kappa shape index (κ3) is 65.6. The third-order valence-electron chi connectivity index (χ3n) is 17.5. The molecule has 0 aliphatic heterocycles. The van der Waals surface area contributed by atoms with E-state index in [1.54, 1.807) is 0 Å². The molecule has 80 heavy (non-hydrogen) atoms. The number of carbonyl (C=O) groups excluding carboxylic acids is 3. The highest BCUT2D eigenvalue weighted by molar-refractivity contribution is 5.71. The summed E-state index contributed by atoms with van der Waals surface area (Å²) in [6.07, 6.45) is 74.0. The van der Waals surface area contributed by atoms with Crippen molar-refractivity contribution in [2.45, 2.75) is 426 Å². The first kappa shape index (κ1) is 78.4. The first-order valence-electron chi connectivity index (χ1n) is 36.6. The van der Waals surface area contributed by atoms with Gasteiger partial charge in [-0.15, -0.1) is 0 Å². The molecule has 0 aromatic carbocycles. The first-order chi connectivity index (χ1) is 39.1. The predicted octanol–water partition coefficient (Wildman–Crippen LogP) is 25.0. The minimum atomic E-state index is -0.766. The van der Waals surface area contributed by atoms with Crippen LogP contribution >= 0.6 is 0 Å². The second kappa shape index (κ2) is 65.0. The molecule has 476 valence electrons. The molecule has 0 spiro atoms. The van der Waals surface area contributed by atoms with Gasteiger partial charge in [-0.1, -0.05) is 382 Å². The summed E-state index contributed by atoms with van der Waals surface area (Å²) in [4.78, 5) is 38.5. The number of esters is 3. The van der Waals surface area contributed by atoms with Crippen molar-refractivity contribution in [1.82, 2.24) is 0 Å². The van der Waals surface area contributed by atoms with Crippen molar-refractivity contribution in [2.24, 2.45) is 17.8 Å². The normalized spacial score (nSPS) is 12.4.